The van der Waals surface area contributed by atoms with Gasteiger partial charge in [0, 0.05) is 11.8 Å². The van der Waals surface area contributed by atoms with Crippen molar-refractivity contribution in [3.05, 3.63) is 45.4 Å². The van der Waals surface area contributed by atoms with E-state index in [1.807, 2.05) is 11.4 Å². The van der Waals surface area contributed by atoms with Crippen molar-refractivity contribution >= 4 is 11.3 Å². The Morgan fingerprint density at radius 1 is 1.33 bits per heavy atom. The fraction of sp³-hybridized carbons (Fsp3) is 0.357. The molecule has 0 aliphatic carbocycles. The first-order chi connectivity index (χ1) is 8.69. The first-order valence-electron chi connectivity index (χ1n) is 6.02. The fourth-order valence-electron chi connectivity index (χ4n) is 1.78. The SMILES string of the molecule is Cc1ccc(OCc2nc(CCN)cs2)c(C)c1. The van der Waals surface area contributed by atoms with Crippen LogP contribution in [0.2, 0.25) is 0 Å². The largest absolute Gasteiger partial charge is 0.486 e. The van der Waals surface area contributed by atoms with E-state index in [0.29, 0.717) is 13.2 Å². The van der Waals surface area contributed by atoms with E-state index < -0.39 is 0 Å². The minimum atomic E-state index is 0.527. The van der Waals surface area contributed by atoms with E-state index in [1.165, 1.54) is 5.56 Å². The molecule has 1 aromatic carbocycles. The van der Waals surface area contributed by atoms with Crippen LogP contribution in [0, 0.1) is 13.8 Å². The number of nitrogens with two attached hydrogens (primary N) is 1. The molecule has 0 aliphatic heterocycles. The Kier molecular flexibility index (Phi) is 4.33. The van der Waals surface area contributed by atoms with Gasteiger partial charge in [0.2, 0.25) is 0 Å². The molecule has 0 radical (unpaired) electrons. The van der Waals surface area contributed by atoms with Crippen LogP contribution in [-0.2, 0) is 13.0 Å². The van der Waals surface area contributed by atoms with Gasteiger partial charge in [-0.25, -0.2) is 4.98 Å². The molecule has 96 valence electrons. The van der Waals surface area contributed by atoms with Gasteiger partial charge in [0.1, 0.15) is 17.4 Å². The second kappa shape index (κ2) is 5.98. The van der Waals surface area contributed by atoms with Gasteiger partial charge in [0.25, 0.3) is 0 Å². The summed E-state index contributed by atoms with van der Waals surface area (Å²) in [6.45, 7) is 5.31. The maximum atomic E-state index is 5.79. The van der Waals surface area contributed by atoms with Crippen molar-refractivity contribution in [1.29, 1.82) is 0 Å². The summed E-state index contributed by atoms with van der Waals surface area (Å²) in [6, 6.07) is 6.19. The smallest absolute Gasteiger partial charge is 0.140 e. The Bertz CT molecular complexity index is 522. The van der Waals surface area contributed by atoms with Crippen molar-refractivity contribution in [3.8, 4) is 5.75 Å². The zero-order chi connectivity index (χ0) is 13.0. The molecule has 1 aromatic heterocycles. The third-order valence-corrected chi connectivity index (χ3v) is 3.55. The minimum Gasteiger partial charge on any atom is -0.486 e. The molecule has 2 aromatic rings. The molecular weight excluding hydrogens is 244 g/mol. The highest BCUT2D eigenvalue weighted by molar-refractivity contribution is 7.09. The maximum absolute atomic E-state index is 5.79. The lowest BCUT2D eigenvalue weighted by Gasteiger charge is -2.08. The lowest BCUT2D eigenvalue weighted by molar-refractivity contribution is 0.303. The van der Waals surface area contributed by atoms with E-state index in [1.54, 1.807) is 11.3 Å². The number of benzene rings is 1. The van der Waals surface area contributed by atoms with E-state index in [0.717, 1.165) is 28.4 Å². The average molecular weight is 262 g/mol. The summed E-state index contributed by atoms with van der Waals surface area (Å²) in [4.78, 5) is 4.48. The van der Waals surface area contributed by atoms with Gasteiger partial charge in [-0.05, 0) is 32.0 Å². The number of ether oxygens (including phenoxy) is 1. The molecular formula is C14H18N2OS. The van der Waals surface area contributed by atoms with Crippen molar-refractivity contribution < 1.29 is 4.74 Å². The Morgan fingerprint density at radius 2 is 2.17 bits per heavy atom. The average Bonchev–Trinajstić information content (AvgIpc) is 2.76. The molecule has 0 fully saturated rings. The second-order valence-electron chi connectivity index (χ2n) is 4.33. The number of thiazole rings is 1. The zero-order valence-electron chi connectivity index (χ0n) is 10.8. The van der Waals surface area contributed by atoms with Crippen LogP contribution in [0.25, 0.3) is 0 Å². The number of nitrogens with zero attached hydrogens (tertiary/aromatic N) is 1. The maximum Gasteiger partial charge on any atom is 0.140 e. The molecule has 0 bridgehead atoms. The summed E-state index contributed by atoms with van der Waals surface area (Å²) in [5.41, 5.74) is 8.97. The van der Waals surface area contributed by atoms with Gasteiger partial charge in [-0.3, -0.25) is 0 Å². The standard InChI is InChI=1S/C14H18N2OS/c1-10-3-4-13(11(2)7-10)17-8-14-16-12(5-6-15)9-18-14/h3-4,7,9H,5-6,8,15H2,1-2H3. The summed E-state index contributed by atoms with van der Waals surface area (Å²) < 4.78 is 5.79. The summed E-state index contributed by atoms with van der Waals surface area (Å²) >= 11 is 1.63. The highest BCUT2D eigenvalue weighted by Gasteiger charge is 2.04. The Hall–Kier alpha value is -1.39. The number of aromatic nitrogens is 1. The van der Waals surface area contributed by atoms with E-state index >= 15 is 0 Å². The first-order valence-corrected chi connectivity index (χ1v) is 6.90. The van der Waals surface area contributed by atoms with Crippen LogP contribution in [0.1, 0.15) is 21.8 Å². The van der Waals surface area contributed by atoms with Crippen molar-refractivity contribution in [2.24, 2.45) is 5.73 Å². The fourth-order valence-corrected chi connectivity index (χ4v) is 2.52. The number of rotatable bonds is 5. The molecule has 0 aliphatic rings. The molecule has 0 saturated carbocycles. The van der Waals surface area contributed by atoms with Crippen LogP contribution < -0.4 is 10.5 Å². The number of hydrogen-bond acceptors (Lipinski definition) is 4. The van der Waals surface area contributed by atoms with Crippen molar-refractivity contribution in [1.82, 2.24) is 4.98 Å². The van der Waals surface area contributed by atoms with E-state index in [4.69, 9.17) is 10.5 Å². The molecule has 1 heterocycles. The highest BCUT2D eigenvalue weighted by atomic mass is 32.1. The monoisotopic (exact) mass is 262 g/mol. The van der Waals surface area contributed by atoms with Gasteiger partial charge >= 0.3 is 0 Å². The van der Waals surface area contributed by atoms with Gasteiger partial charge in [-0.1, -0.05) is 17.7 Å². The van der Waals surface area contributed by atoms with Crippen LogP contribution in [0.4, 0.5) is 0 Å². The molecule has 2 N–H and O–H groups in total. The lowest BCUT2D eigenvalue weighted by atomic mass is 10.1. The predicted molar refractivity (Wildman–Crippen MR) is 75.1 cm³/mol. The summed E-state index contributed by atoms with van der Waals surface area (Å²) in [5.74, 6) is 0.927. The van der Waals surface area contributed by atoms with Crippen LogP contribution in [0.3, 0.4) is 0 Å². The van der Waals surface area contributed by atoms with Crippen molar-refractivity contribution in [2.45, 2.75) is 26.9 Å². The molecule has 0 unspecified atom stereocenters. The quantitative estimate of drug-likeness (QED) is 0.901. The third kappa shape index (κ3) is 3.31. The number of aryl methyl sites for hydroxylation is 2. The summed E-state index contributed by atoms with van der Waals surface area (Å²) in [5, 5.41) is 3.05. The van der Waals surface area contributed by atoms with Gasteiger partial charge in [-0.2, -0.15) is 0 Å². The molecule has 18 heavy (non-hydrogen) atoms. The Morgan fingerprint density at radius 3 is 2.89 bits per heavy atom. The lowest BCUT2D eigenvalue weighted by Crippen LogP contribution is -2.03. The first kappa shape index (κ1) is 13.1. The predicted octanol–water partition coefficient (Wildman–Crippen LogP) is 2.84. The number of hydrogen-bond donors (Lipinski definition) is 1. The Balaban J connectivity index is 1.97. The normalized spacial score (nSPS) is 10.6. The van der Waals surface area contributed by atoms with E-state index in [2.05, 4.69) is 31.0 Å². The molecule has 0 spiro atoms. The van der Waals surface area contributed by atoms with Crippen molar-refractivity contribution in [3.63, 3.8) is 0 Å². The van der Waals surface area contributed by atoms with E-state index in [9.17, 15) is 0 Å². The topological polar surface area (TPSA) is 48.1 Å². The van der Waals surface area contributed by atoms with Gasteiger partial charge in [0.15, 0.2) is 0 Å². The molecule has 0 atom stereocenters. The van der Waals surface area contributed by atoms with Gasteiger partial charge < -0.3 is 10.5 Å². The zero-order valence-corrected chi connectivity index (χ0v) is 11.6. The molecule has 4 heteroatoms. The second-order valence-corrected chi connectivity index (χ2v) is 5.27. The molecule has 0 amide bonds. The van der Waals surface area contributed by atoms with Crippen molar-refractivity contribution in [2.75, 3.05) is 6.54 Å². The third-order valence-electron chi connectivity index (χ3n) is 2.68. The van der Waals surface area contributed by atoms with Crippen LogP contribution in [0.5, 0.6) is 5.75 Å². The van der Waals surface area contributed by atoms with Crippen LogP contribution in [0.15, 0.2) is 23.6 Å². The van der Waals surface area contributed by atoms with Gasteiger partial charge in [-0.15, -0.1) is 11.3 Å². The molecule has 0 saturated heterocycles. The Labute approximate surface area is 112 Å². The minimum absolute atomic E-state index is 0.527. The van der Waals surface area contributed by atoms with Gasteiger partial charge in [0.05, 0.1) is 5.69 Å². The molecule has 3 nitrogen and oxygen atoms in total. The van der Waals surface area contributed by atoms with Crippen LogP contribution >= 0.6 is 11.3 Å². The molecule has 2 rings (SSSR count). The van der Waals surface area contributed by atoms with Crippen LogP contribution in [-0.4, -0.2) is 11.5 Å². The summed E-state index contributed by atoms with van der Waals surface area (Å²) in [7, 11) is 0. The highest BCUT2D eigenvalue weighted by Crippen LogP contribution is 2.21. The van der Waals surface area contributed by atoms with E-state index in [-0.39, 0.29) is 0 Å². The summed E-state index contributed by atoms with van der Waals surface area (Å²) in [6.07, 6.45) is 0.833.